The van der Waals surface area contributed by atoms with Crippen LogP contribution in [0.1, 0.15) is 51.0 Å². The summed E-state index contributed by atoms with van der Waals surface area (Å²) in [5.74, 6) is 0.892. The molecule has 0 aliphatic heterocycles. The van der Waals surface area contributed by atoms with Gasteiger partial charge in [0.15, 0.2) is 0 Å². The summed E-state index contributed by atoms with van der Waals surface area (Å²) in [6.45, 7) is 2.68. The lowest BCUT2D eigenvalue weighted by atomic mass is 9.83. The number of hydrogen-bond donors (Lipinski definition) is 2. The van der Waals surface area contributed by atoms with E-state index < -0.39 is 0 Å². The van der Waals surface area contributed by atoms with Crippen LogP contribution in [0.25, 0.3) is 0 Å². The zero-order valence-corrected chi connectivity index (χ0v) is 14.0. The van der Waals surface area contributed by atoms with Crippen molar-refractivity contribution in [2.24, 2.45) is 5.92 Å². The first-order valence-electron chi connectivity index (χ1n) is 8.92. The lowest BCUT2D eigenvalue weighted by molar-refractivity contribution is 0.123. The molecular weight excluding hydrogens is 288 g/mol. The average molecular weight is 316 g/mol. The van der Waals surface area contributed by atoms with Gasteiger partial charge < -0.3 is 15.4 Å². The molecule has 0 heterocycles. The number of ether oxygens (including phenoxy) is 1. The van der Waals surface area contributed by atoms with Crippen molar-refractivity contribution in [1.82, 2.24) is 10.6 Å². The molecule has 2 N–H and O–H groups in total. The van der Waals surface area contributed by atoms with Gasteiger partial charge in [0.25, 0.3) is 0 Å². The highest BCUT2D eigenvalue weighted by atomic mass is 16.5. The van der Waals surface area contributed by atoms with Crippen LogP contribution >= 0.6 is 0 Å². The Morgan fingerprint density at radius 1 is 1.04 bits per heavy atom. The second-order valence-electron chi connectivity index (χ2n) is 7.19. The first-order chi connectivity index (χ1) is 11.2. The topological polar surface area (TPSA) is 50.4 Å². The second-order valence-corrected chi connectivity index (χ2v) is 7.19. The van der Waals surface area contributed by atoms with Gasteiger partial charge in [-0.25, -0.2) is 4.79 Å². The number of carbonyl (C=O) groups is 1. The molecule has 0 aromatic heterocycles. The molecule has 0 radical (unpaired) electrons. The maximum Gasteiger partial charge on any atom is 0.407 e. The maximum absolute atomic E-state index is 11.8. The fourth-order valence-corrected chi connectivity index (χ4v) is 3.56. The summed E-state index contributed by atoms with van der Waals surface area (Å²) >= 11 is 0. The molecule has 0 saturated heterocycles. The highest BCUT2D eigenvalue weighted by Crippen LogP contribution is 2.27. The summed E-state index contributed by atoms with van der Waals surface area (Å²) in [5.41, 5.74) is 1.02. The molecule has 0 bridgehead atoms. The summed E-state index contributed by atoms with van der Waals surface area (Å²) in [7, 11) is 0. The van der Waals surface area contributed by atoms with Crippen LogP contribution in [0.2, 0.25) is 0 Å². The van der Waals surface area contributed by atoms with Gasteiger partial charge in [-0.05, 0) is 50.0 Å². The molecule has 0 atom stereocenters. The molecule has 3 rings (SSSR count). The predicted molar refractivity (Wildman–Crippen MR) is 91.1 cm³/mol. The zero-order valence-electron chi connectivity index (χ0n) is 14.0. The third-order valence-corrected chi connectivity index (χ3v) is 5.16. The number of amides is 1. The Morgan fingerprint density at radius 3 is 2.43 bits per heavy atom. The highest BCUT2D eigenvalue weighted by molar-refractivity contribution is 5.67. The number of alkyl carbamates (subject to hydrolysis) is 1. The van der Waals surface area contributed by atoms with Gasteiger partial charge in [0.1, 0.15) is 6.61 Å². The van der Waals surface area contributed by atoms with Crippen molar-refractivity contribution in [3.8, 4) is 0 Å². The van der Waals surface area contributed by atoms with E-state index in [-0.39, 0.29) is 12.1 Å². The van der Waals surface area contributed by atoms with Crippen LogP contribution in [-0.2, 0) is 11.3 Å². The van der Waals surface area contributed by atoms with Crippen LogP contribution in [0.4, 0.5) is 4.79 Å². The quantitative estimate of drug-likeness (QED) is 0.872. The number of carbonyl (C=O) groups excluding carboxylic acids is 1. The molecule has 2 aliphatic rings. The van der Waals surface area contributed by atoms with Gasteiger partial charge in [-0.1, -0.05) is 37.3 Å². The number of hydrogen-bond acceptors (Lipinski definition) is 3. The summed E-state index contributed by atoms with van der Waals surface area (Å²) in [6.07, 6.45) is 7.03. The van der Waals surface area contributed by atoms with E-state index in [1.54, 1.807) is 0 Å². The van der Waals surface area contributed by atoms with Crippen molar-refractivity contribution in [1.29, 1.82) is 0 Å². The van der Waals surface area contributed by atoms with Gasteiger partial charge in [0.05, 0.1) is 0 Å². The Kier molecular flexibility index (Phi) is 5.55. The fourth-order valence-electron chi connectivity index (χ4n) is 3.56. The van der Waals surface area contributed by atoms with E-state index in [1.165, 1.54) is 25.7 Å². The number of rotatable bonds is 5. The summed E-state index contributed by atoms with van der Waals surface area (Å²) < 4.78 is 5.26. The molecule has 2 saturated carbocycles. The van der Waals surface area contributed by atoms with E-state index in [9.17, 15) is 4.79 Å². The van der Waals surface area contributed by atoms with Gasteiger partial charge in [0, 0.05) is 18.1 Å². The van der Waals surface area contributed by atoms with Crippen LogP contribution in [-0.4, -0.2) is 24.2 Å². The van der Waals surface area contributed by atoms with Crippen LogP contribution in [0.3, 0.4) is 0 Å². The van der Waals surface area contributed by atoms with Crippen molar-refractivity contribution in [2.75, 3.05) is 0 Å². The van der Waals surface area contributed by atoms with Crippen molar-refractivity contribution in [2.45, 2.75) is 70.2 Å². The predicted octanol–water partition coefficient (Wildman–Crippen LogP) is 3.61. The largest absolute Gasteiger partial charge is 0.445 e. The molecule has 23 heavy (non-hydrogen) atoms. The first-order valence-corrected chi connectivity index (χ1v) is 8.92. The second kappa shape index (κ2) is 7.82. The van der Waals surface area contributed by atoms with E-state index in [0.717, 1.165) is 24.3 Å². The van der Waals surface area contributed by atoms with Crippen LogP contribution in [0.5, 0.6) is 0 Å². The Morgan fingerprint density at radius 2 is 1.74 bits per heavy atom. The third-order valence-electron chi connectivity index (χ3n) is 5.16. The van der Waals surface area contributed by atoms with Crippen LogP contribution in [0, 0.1) is 5.92 Å². The molecule has 1 amide bonds. The summed E-state index contributed by atoms with van der Waals surface area (Å²) in [4.78, 5) is 11.8. The molecule has 0 spiro atoms. The normalized spacial score (nSPS) is 30.3. The van der Waals surface area contributed by atoms with Crippen molar-refractivity contribution in [3.05, 3.63) is 35.9 Å². The van der Waals surface area contributed by atoms with Crippen LogP contribution < -0.4 is 10.6 Å². The van der Waals surface area contributed by atoms with E-state index >= 15 is 0 Å². The molecule has 4 heteroatoms. The number of benzene rings is 1. The zero-order chi connectivity index (χ0) is 16.1. The fraction of sp³-hybridized carbons (Fsp3) is 0.632. The molecule has 1 aromatic rings. The van der Waals surface area contributed by atoms with Crippen molar-refractivity contribution >= 4 is 6.09 Å². The van der Waals surface area contributed by atoms with Gasteiger partial charge in [-0.3, -0.25) is 0 Å². The molecule has 1 aromatic carbocycles. The van der Waals surface area contributed by atoms with Crippen molar-refractivity contribution in [3.63, 3.8) is 0 Å². The standard InChI is InChI=1S/C19H28N2O2/c1-14-7-9-16(10-8-14)20-17-11-18(12-17)21-19(22)23-13-15-5-3-2-4-6-15/h2-6,14,16-18,20H,7-13H2,1H3,(H,21,22). The minimum Gasteiger partial charge on any atom is -0.445 e. The first kappa shape index (κ1) is 16.3. The maximum atomic E-state index is 11.8. The molecule has 2 fully saturated rings. The van der Waals surface area contributed by atoms with Crippen molar-refractivity contribution < 1.29 is 9.53 Å². The highest BCUT2D eigenvalue weighted by Gasteiger charge is 2.32. The summed E-state index contributed by atoms with van der Waals surface area (Å²) in [5, 5.41) is 6.70. The van der Waals surface area contributed by atoms with Gasteiger partial charge in [-0.2, -0.15) is 0 Å². The lowest BCUT2D eigenvalue weighted by Crippen LogP contribution is -2.55. The molecular formula is C19H28N2O2. The molecule has 0 unspecified atom stereocenters. The van der Waals surface area contributed by atoms with E-state index in [1.807, 2.05) is 30.3 Å². The SMILES string of the molecule is CC1CCC(NC2CC(NC(=O)OCc3ccccc3)C2)CC1. The minimum absolute atomic E-state index is 0.262. The minimum atomic E-state index is -0.302. The average Bonchev–Trinajstić information content (AvgIpc) is 2.54. The Labute approximate surface area is 139 Å². The van der Waals surface area contributed by atoms with E-state index in [0.29, 0.717) is 18.7 Å². The van der Waals surface area contributed by atoms with Gasteiger partial charge in [0.2, 0.25) is 0 Å². The Bertz CT molecular complexity index is 491. The molecule has 2 aliphatic carbocycles. The van der Waals surface area contributed by atoms with Gasteiger partial charge in [-0.15, -0.1) is 0 Å². The van der Waals surface area contributed by atoms with E-state index in [2.05, 4.69) is 17.6 Å². The Balaban J connectivity index is 1.28. The smallest absolute Gasteiger partial charge is 0.407 e. The Hall–Kier alpha value is -1.55. The third kappa shape index (κ3) is 4.96. The van der Waals surface area contributed by atoms with Gasteiger partial charge >= 0.3 is 6.09 Å². The monoisotopic (exact) mass is 316 g/mol. The lowest BCUT2D eigenvalue weighted by Gasteiger charge is -2.40. The molecule has 126 valence electrons. The van der Waals surface area contributed by atoms with Crippen LogP contribution in [0.15, 0.2) is 30.3 Å². The van der Waals surface area contributed by atoms with E-state index in [4.69, 9.17) is 4.74 Å². The number of nitrogens with one attached hydrogen (secondary N) is 2. The summed E-state index contributed by atoms with van der Waals surface area (Å²) in [6, 6.07) is 11.3. The molecule has 4 nitrogen and oxygen atoms in total.